The number of fused-ring (bicyclic) bond motifs is 3. The number of allylic oxidation sites excluding steroid dienone is 1. The quantitative estimate of drug-likeness (QED) is 0.132. The van der Waals surface area contributed by atoms with Crippen molar-refractivity contribution in [3.8, 4) is 22.2 Å². The fourth-order valence-corrected chi connectivity index (χ4v) is 10.8. The number of aryl methyl sites for hydroxylation is 1. The first-order valence-electron chi connectivity index (χ1n) is 21.7. The first-order chi connectivity index (χ1) is 30.3. The van der Waals surface area contributed by atoms with Gasteiger partial charge in [0.2, 0.25) is 21.8 Å². The standard InChI is InChI=1S/C46H53F3N6O7S2/c1-26(2)35-25-63-41(52-35)34-22-38(32-17-18-37(61-5)27(3)39(32)51-34)62-31-21-36-40(56)53-45(43(58)54-64(59,60)44(4)19-20-44)23-29(45)11-9-7-6-8-10-12-33(42(57)55(36)24-31)50-30-15-13-28(14-16-30)46(47,48)49/h9,11,13-18,22,25-26,29,31,33,36,50H,6-8,10,12,19-21,23-24H2,1-5H3,(H,53,56)(H,54,58)/b11-9-/t29-,31+,33-,36-,45+/m0/s1. The Morgan fingerprint density at radius 1 is 1.05 bits per heavy atom. The number of pyridine rings is 1. The Morgan fingerprint density at radius 2 is 1.80 bits per heavy atom. The molecule has 18 heteroatoms. The summed E-state index contributed by atoms with van der Waals surface area (Å²) in [5.41, 5.74) is 0.754. The van der Waals surface area contributed by atoms with Crippen LogP contribution in [-0.2, 0) is 30.6 Å². The van der Waals surface area contributed by atoms with Crippen LogP contribution in [0.15, 0.2) is 60.0 Å². The van der Waals surface area contributed by atoms with Crippen molar-refractivity contribution in [2.75, 3.05) is 19.0 Å². The van der Waals surface area contributed by atoms with Crippen molar-refractivity contribution >= 4 is 55.7 Å². The first-order valence-corrected chi connectivity index (χ1v) is 24.1. The fraction of sp³-hybridized carbons (Fsp3) is 0.500. The fourth-order valence-electron chi connectivity index (χ4n) is 8.56. The maximum atomic E-state index is 14.9. The largest absolute Gasteiger partial charge is 0.496 e. The number of sulfonamides is 1. The van der Waals surface area contributed by atoms with Gasteiger partial charge in [0.15, 0.2) is 0 Å². The molecule has 2 aliphatic carbocycles. The Morgan fingerprint density at radius 3 is 2.47 bits per heavy atom. The van der Waals surface area contributed by atoms with Crippen molar-refractivity contribution in [1.82, 2.24) is 24.9 Å². The number of methoxy groups -OCH3 is 1. The Hall–Kier alpha value is -5.23. The van der Waals surface area contributed by atoms with Crippen LogP contribution in [0.3, 0.4) is 0 Å². The van der Waals surface area contributed by atoms with E-state index in [4.69, 9.17) is 19.4 Å². The zero-order chi connectivity index (χ0) is 45.8. The smallest absolute Gasteiger partial charge is 0.416 e. The molecule has 5 atom stereocenters. The van der Waals surface area contributed by atoms with E-state index in [1.54, 1.807) is 20.1 Å². The lowest BCUT2D eigenvalue weighted by atomic mass is 10.0. The number of alkyl halides is 3. The summed E-state index contributed by atoms with van der Waals surface area (Å²) in [6.07, 6.45) is 2.48. The Kier molecular flexibility index (Phi) is 12.2. The molecule has 0 radical (unpaired) electrons. The number of amides is 3. The average Bonchev–Trinajstić information content (AvgIpc) is 4.02. The molecule has 342 valence electrons. The van der Waals surface area contributed by atoms with Gasteiger partial charge in [0.25, 0.3) is 5.91 Å². The SMILES string of the molecule is COc1ccc2c(O[C@@H]3C[C@H]4C(=O)N[C@]5(C(=O)NS(=O)(=O)C6(C)CC6)C[C@@H]5/C=C\CCCCC[C@H](Nc5ccc(C(F)(F)F)cc5)C(=O)N4C3)cc(-c3nc(C(C)C)cs3)nc2c1C. The highest BCUT2D eigenvalue weighted by Crippen LogP contribution is 2.48. The van der Waals surface area contributed by atoms with Gasteiger partial charge in [-0.2, -0.15) is 13.2 Å². The van der Waals surface area contributed by atoms with E-state index in [9.17, 15) is 36.0 Å². The number of carbonyl (C=O) groups is 3. The lowest BCUT2D eigenvalue weighted by molar-refractivity contribution is -0.140. The minimum absolute atomic E-state index is 0.00217. The first kappa shape index (κ1) is 45.3. The highest BCUT2D eigenvalue weighted by Gasteiger charge is 2.63. The second kappa shape index (κ2) is 17.3. The molecule has 4 heterocycles. The van der Waals surface area contributed by atoms with E-state index in [2.05, 4.69) is 29.2 Å². The number of aromatic nitrogens is 2. The van der Waals surface area contributed by atoms with Crippen LogP contribution in [0, 0.1) is 12.8 Å². The van der Waals surface area contributed by atoms with E-state index >= 15 is 0 Å². The monoisotopic (exact) mass is 922 g/mol. The van der Waals surface area contributed by atoms with Crippen molar-refractivity contribution < 1.29 is 45.4 Å². The minimum Gasteiger partial charge on any atom is -0.496 e. The van der Waals surface area contributed by atoms with Crippen LogP contribution in [0.5, 0.6) is 11.5 Å². The summed E-state index contributed by atoms with van der Waals surface area (Å²) in [5, 5.41) is 9.40. The number of nitrogens with one attached hydrogen (secondary N) is 3. The second-order valence-corrected chi connectivity index (χ2v) is 21.1. The number of ether oxygens (including phenoxy) is 2. The van der Waals surface area contributed by atoms with Crippen LogP contribution in [0.2, 0.25) is 0 Å². The number of rotatable bonds is 10. The van der Waals surface area contributed by atoms with E-state index in [1.165, 1.54) is 28.4 Å². The summed E-state index contributed by atoms with van der Waals surface area (Å²) in [4.78, 5) is 55.0. The summed E-state index contributed by atoms with van der Waals surface area (Å²) in [5.74, 6) is -1.20. The third kappa shape index (κ3) is 9.04. The van der Waals surface area contributed by atoms with Gasteiger partial charge >= 0.3 is 6.18 Å². The van der Waals surface area contributed by atoms with Gasteiger partial charge in [-0.1, -0.05) is 38.8 Å². The van der Waals surface area contributed by atoms with Crippen LogP contribution in [-0.4, -0.2) is 83.1 Å². The Balaban J connectivity index is 1.15. The molecule has 0 bridgehead atoms. The van der Waals surface area contributed by atoms with E-state index in [1.807, 2.05) is 36.6 Å². The molecule has 0 spiro atoms. The summed E-state index contributed by atoms with van der Waals surface area (Å²) >= 11 is 1.45. The third-order valence-electron chi connectivity index (χ3n) is 13.0. The highest BCUT2D eigenvalue weighted by atomic mass is 32.2. The molecule has 1 saturated heterocycles. The predicted molar refractivity (Wildman–Crippen MR) is 238 cm³/mol. The molecule has 64 heavy (non-hydrogen) atoms. The molecule has 2 aromatic heterocycles. The van der Waals surface area contributed by atoms with Crippen molar-refractivity contribution in [1.29, 1.82) is 0 Å². The number of benzene rings is 2. The zero-order valence-electron chi connectivity index (χ0n) is 36.4. The molecule has 2 aromatic carbocycles. The Bertz CT molecular complexity index is 2600. The third-order valence-corrected chi connectivity index (χ3v) is 16.1. The molecule has 3 amide bonds. The molecule has 3 N–H and O–H groups in total. The van der Waals surface area contributed by atoms with E-state index in [-0.39, 0.29) is 25.3 Å². The number of halogens is 3. The van der Waals surface area contributed by atoms with Crippen LogP contribution >= 0.6 is 11.3 Å². The molecule has 2 aliphatic heterocycles. The predicted octanol–water partition coefficient (Wildman–Crippen LogP) is 8.04. The number of hydrogen-bond acceptors (Lipinski definition) is 11. The molecule has 8 rings (SSSR count). The average molecular weight is 923 g/mol. The molecule has 3 fully saturated rings. The maximum Gasteiger partial charge on any atom is 0.416 e. The van der Waals surface area contributed by atoms with Gasteiger partial charge in [0.05, 0.1) is 35.2 Å². The lowest BCUT2D eigenvalue weighted by Gasteiger charge is -2.30. The van der Waals surface area contributed by atoms with Gasteiger partial charge in [-0.3, -0.25) is 19.1 Å². The summed E-state index contributed by atoms with van der Waals surface area (Å²) in [6.45, 7) is 7.52. The van der Waals surface area contributed by atoms with Crippen LogP contribution in [0.25, 0.3) is 21.6 Å². The van der Waals surface area contributed by atoms with Crippen molar-refractivity contribution in [3.63, 3.8) is 0 Å². The lowest BCUT2D eigenvalue weighted by Crippen LogP contribution is -2.58. The molecular formula is C46H53F3N6O7S2. The van der Waals surface area contributed by atoms with Gasteiger partial charge < -0.3 is 25.0 Å². The Labute approximate surface area is 374 Å². The van der Waals surface area contributed by atoms with E-state index in [0.29, 0.717) is 70.9 Å². The van der Waals surface area contributed by atoms with Gasteiger partial charge in [-0.05, 0) is 94.7 Å². The maximum absolute atomic E-state index is 14.9. The number of hydrogen-bond donors (Lipinski definition) is 3. The van der Waals surface area contributed by atoms with Gasteiger partial charge in [-0.15, -0.1) is 11.3 Å². The summed E-state index contributed by atoms with van der Waals surface area (Å²) in [6, 6.07) is 7.78. The number of thiazole rings is 1. The number of carbonyl (C=O) groups excluding carboxylic acids is 3. The molecule has 4 aromatic rings. The number of nitrogens with zero attached hydrogens (tertiary/aromatic N) is 3. The number of anilines is 1. The van der Waals surface area contributed by atoms with Gasteiger partial charge in [-0.25, -0.2) is 18.4 Å². The molecule has 0 unspecified atom stereocenters. The van der Waals surface area contributed by atoms with Crippen molar-refractivity contribution in [3.05, 3.63) is 76.8 Å². The molecular weight excluding hydrogens is 870 g/mol. The second-order valence-electron chi connectivity index (χ2n) is 18.0. The van der Waals surface area contributed by atoms with Crippen LogP contribution in [0.4, 0.5) is 18.9 Å². The van der Waals surface area contributed by atoms with Crippen molar-refractivity contribution in [2.24, 2.45) is 5.92 Å². The van der Waals surface area contributed by atoms with Crippen LogP contribution in [0.1, 0.15) is 101 Å². The van der Waals surface area contributed by atoms with Crippen LogP contribution < -0.4 is 24.8 Å². The molecule has 2 saturated carbocycles. The summed E-state index contributed by atoms with van der Waals surface area (Å²) < 4.78 is 80.7. The summed E-state index contributed by atoms with van der Waals surface area (Å²) in [7, 11) is -2.47. The van der Waals surface area contributed by atoms with E-state index in [0.717, 1.165) is 36.2 Å². The van der Waals surface area contributed by atoms with Gasteiger partial charge in [0.1, 0.15) is 45.9 Å². The molecule has 4 aliphatic rings. The topological polar surface area (TPSA) is 169 Å². The van der Waals surface area contributed by atoms with Crippen molar-refractivity contribution in [2.45, 2.75) is 126 Å². The normalized spacial score (nSPS) is 25.4. The zero-order valence-corrected chi connectivity index (χ0v) is 38.0. The van der Waals surface area contributed by atoms with E-state index < -0.39 is 73.9 Å². The van der Waals surface area contributed by atoms with Gasteiger partial charge in [0, 0.05) is 40.4 Å². The molecule has 13 nitrogen and oxygen atoms in total. The highest BCUT2D eigenvalue weighted by molar-refractivity contribution is 7.91. The minimum atomic E-state index is -4.55.